The zero-order chi connectivity index (χ0) is 18.9. The van der Waals surface area contributed by atoms with Crippen LogP contribution >= 0.6 is 0 Å². The van der Waals surface area contributed by atoms with Crippen LogP contribution in [0, 0.1) is 12.8 Å². The summed E-state index contributed by atoms with van der Waals surface area (Å²) in [5.74, 6) is -1.91. The van der Waals surface area contributed by atoms with E-state index in [2.05, 4.69) is 5.32 Å². The van der Waals surface area contributed by atoms with E-state index < -0.39 is 27.4 Å². The number of carbonyl (C=O) groups excluding carboxylic acids is 1. The highest BCUT2D eigenvalue weighted by molar-refractivity contribution is 7.89. The van der Waals surface area contributed by atoms with Crippen molar-refractivity contribution in [3.05, 3.63) is 29.8 Å². The predicted molar refractivity (Wildman–Crippen MR) is 95.0 cm³/mol. The number of aliphatic carboxylic acids is 1. The molecule has 0 radical (unpaired) electrons. The number of nitrogens with one attached hydrogen (secondary N) is 1. The molecular formula is C18H24N2O5S. The summed E-state index contributed by atoms with van der Waals surface area (Å²) in [4.78, 5) is 24.2. The molecule has 1 aliphatic heterocycles. The van der Waals surface area contributed by atoms with Gasteiger partial charge in [0.05, 0.1) is 10.8 Å². The molecular weight excluding hydrogens is 356 g/mol. The number of nitrogens with zero attached hydrogens (tertiary/aromatic N) is 1. The molecule has 0 spiro atoms. The molecule has 1 aromatic rings. The average molecular weight is 380 g/mol. The number of benzene rings is 1. The number of rotatable bonds is 5. The molecule has 1 atom stereocenters. The van der Waals surface area contributed by atoms with Crippen molar-refractivity contribution in [2.24, 2.45) is 5.92 Å². The van der Waals surface area contributed by atoms with Crippen LogP contribution < -0.4 is 5.32 Å². The maximum atomic E-state index is 12.8. The molecule has 1 amide bonds. The van der Waals surface area contributed by atoms with Crippen molar-refractivity contribution in [2.45, 2.75) is 49.5 Å². The molecule has 7 nitrogen and oxygen atoms in total. The van der Waals surface area contributed by atoms with Crippen LogP contribution in [0.15, 0.2) is 29.2 Å². The molecule has 2 fully saturated rings. The average Bonchev–Trinajstić information content (AvgIpc) is 2.58. The van der Waals surface area contributed by atoms with Crippen LogP contribution in [0.25, 0.3) is 0 Å². The number of hydrogen-bond donors (Lipinski definition) is 2. The Hall–Kier alpha value is -1.93. The molecule has 1 saturated heterocycles. The second kappa shape index (κ2) is 7.00. The summed E-state index contributed by atoms with van der Waals surface area (Å²) in [5, 5.41) is 12.0. The lowest BCUT2D eigenvalue weighted by Crippen LogP contribution is -2.61. The highest BCUT2D eigenvalue weighted by atomic mass is 32.2. The van der Waals surface area contributed by atoms with E-state index in [0.717, 1.165) is 12.0 Å². The largest absolute Gasteiger partial charge is 0.480 e. The number of hydrogen-bond acceptors (Lipinski definition) is 4. The minimum Gasteiger partial charge on any atom is -0.480 e. The molecule has 26 heavy (non-hydrogen) atoms. The van der Waals surface area contributed by atoms with Gasteiger partial charge in [0.2, 0.25) is 15.9 Å². The summed E-state index contributed by atoms with van der Waals surface area (Å²) in [7, 11) is -3.66. The summed E-state index contributed by atoms with van der Waals surface area (Å²) in [6, 6.07) is 6.63. The van der Waals surface area contributed by atoms with Gasteiger partial charge in [0.15, 0.2) is 0 Å². The molecule has 2 N–H and O–H groups in total. The molecule has 2 aliphatic rings. The van der Waals surface area contributed by atoms with Crippen molar-refractivity contribution in [3.63, 3.8) is 0 Å². The standard InChI is InChI=1S/C18H24N2O5S/c1-13-5-7-15(8-6-13)26(24,25)20-11-2-4-14(12-20)16(21)19-18(17(22)23)9-3-10-18/h5-8,14H,2-4,9-12H2,1H3,(H,19,21)(H,22,23). The Labute approximate surface area is 153 Å². The third-order valence-corrected chi connectivity index (χ3v) is 7.27. The zero-order valence-electron chi connectivity index (χ0n) is 14.8. The van der Waals surface area contributed by atoms with Crippen molar-refractivity contribution in [1.29, 1.82) is 0 Å². The molecule has 0 aromatic heterocycles. The third-order valence-electron chi connectivity index (χ3n) is 5.39. The number of amides is 1. The maximum absolute atomic E-state index is 12.8. The van der Waals surface area contributed by atoms with E-state index in [1.54, 1.807) is 24.3 Å². The Morgan fingerprint density at radius 1 is 1.19 bits per heavy atom. The maximum Gasteiger partial charge on any atom is 0.329 e. The fourth-order valence-corrected chi connectivity index (χ4v) is 5.02. The van der Waals surface area contributed by atoms with Crippen LogP contribution in [0.2, 0.25) is 0 Å². The van der Waals surface area contributed by atoms with E-state index in [-0.39, 0.29) is 17.3 Å². The summed E-state index contributed by atoms with van der Waals surface area (Å²) < 4.78 is 27.0. The second-order valence-electron chi connectivity index (χ2n) is 7.25. The number of carbonyl (C=O) groups is 2. The van der Waals surface area contributed by atoms with Crippen molar-refractivity contribution in [1.82, 2.24) is 9.62 Å². The lowest BCUT2D eigenvalue weighted by molar-refractivity contribution is -0.152. The van der Waals surface area contributed by atoms with Gasteiger partial charge in [-0.1, -0.05) is 17.7 Å². The lowest BCUT2D eigenvalue weighted by atomic mass is 9.76. The molecule has 1 aliphatic carbocycles. The van der Waals surface area contributed by atoms with E-state index >= 15 is 0 Å². The smallest absolute Gasteiger partial charge is 0.329 e. The van der Waals surface area contributed by atoms with Crippen molar-refractivity contribution >= 4 is 21.9 Å². The molecule has 8 heteroatoms. The Balaban J connectivity index is 1.71. The monoisotopic (exact) mass is 380 g/mol. The summed E-state index contributed by atoms with van der Waals surface area (Å²) in [6.07, 6.45) is 2.74. The topological polar surface area (TPSA) is 104 Å². The number of carboxylic acid groups (broad SMARTS) is 1. The number of piperidine rings is 1. The van der Waals surface area contributed by atoms with Gasteiger partial charge < -0.3 is 10.4 Å². The van der Waals surface area contributed by atoms with Gasteiger partial charge in [-0.05, 0) is 51.2 Å². The van der Waals surface area contributed by atoms with Gasteiger partial charge >= 0.3 is 5.97 Å². The van der Waals surface area contributed by atoms with Gasteiger partial charge in [0.1, 0.15) is 5.54 Å². The number of sulfonamides is 1. The van der Waals surface area contributed by atoms with Gasteiger partial charge in [0, 0.05) is 13.1 Å². The van der Waals surface area contributed by atoms with E-state index in [9.17, 15) is 23.1 Å². The quantitative estimate of drug-likeness (QED) is 0.806. The van der Waals surface area contributed by atoms with Crippen LogP contribution in [-0.2, 0) is 19.6 Å². The minimum atomic E-state index is -3.66. The van der Waals surface area contributed by atoms with Gasteiger partial charge in [-0.25, -0.2) is 13.2 Å². The molecule has 1 unspecified atom stereocenters. The third kappa shape index (κ3) is 3.48. The van der Waals surface area contributed by atoms with Crippen LogP contribution in [0.4, 0.5) is 0 Å². The Morgan fingerprint density at radius 2 is 1.85 bits per heavy atom. The summed E-state index contributed by atoms with van der Waals surface area (Å²) in [6.45, 7) is 2.33. The number of aryl methyl sites for hydroxylation is 1. The first-order valence-corrected chi connectivity index (χ1v) is 10.3. The molecule has 1 saturated carbocycles. The van der Waals surface area contributed by atoms with Crippen LogP contribution in [0.1, 0.15) is 37.7 Å². The van der Waals surface area contributed by atoms with Crippen molar-refractivity contribution in [3.8, 4) is 0 Å². The molecule has 1 heterocycles. The SMILES string of the molecule is Cc1ccc(S(=O)(=O)N2CCCC(C(=O)NC3(C(=O)O)CCC3)C2)cc1. The zero-order valence-corrected chi connectivity index (χ0v) is 15.6. The van der Waals surface area contributed by atoms with Gasteiger partial charge in [-0.3, -0.25) is 4.79 Å². The fraction of sp³-hybridized carbons (Fsp3) is 0.556. The first-order chi connectivity index (χ1) is 12.2. The first kappa shape index (κ1) is 18.8. The highest BCUT2D eigenvalue weighted by Crippen LogP contribution is 2.33. The van der Waals surface area contributed by atoms with Gasteiger partial charge in [-0.2, -0.15) is 4.31 Å². The Kier molecular flexibility index (Phi) is 5.07. The predicted octanol–water partition coefficient (Wildman–Crippen LogP) is 1.52. The Morgan fingerprint density at radius 3 is 2.38 bits per heavy atom. The van der Waals surface area contributed by atoms with E-state index in [1.807, 2.05) is 6.92 Å². The summed E-state index contributed by atoms with van der Waals surface area (Å²) >= 11 is 0. The molecule has 3 rings (SSSR count). The lowest BCUT2D eigenvalue weighted by Gasteiger charge is -2.40. The van der Waals surface area contributed by atoms with Crippen molar-refractivity contribution in [2.75, 3.05) is 13.1 Å². The molecule has 1 aromatic carbocycles. The van der Waals surface area contributed by atoms with E-state index in [4.69, 9.17) is 0 Å². The first-order valence-electron chi connectivity index (χ1n) is 8.87. The number of carboxylic acids is 1. The second-order valence-corrected chi connectivity index (χ2v) is 9.18. The van der Waals surface area contributed by atoms with E-state index in [1.165, 1.54) is 4.31 Å². The van der Waals surface area contributed by atoms with E-state index in [0.29, 0.717) is 32.2 Å². The van der Waals surface area contributed by atoms with Crippen LogP contribution in [0.3, 0.4) is 0 Å². The Bertz CT molecular complexity index is 799. The van der Waals surface area contributed by atoms with Gasteiger partial charge in [0.25, 0.3) is 0 Å². The summed E-state index contributed by atoms with van der Waals surface area (Å²) in [5.41, 5.74) is -0.200. The van der Waals surface area contributed by atoms with Gasteiger partial charge in [-0.15, -0.1) is 0 Å². The van der Waals surface area contributed by atoms with Crippen LogP contribution in [0.5, 0.6) is 0 Å². The fourth-order valence-electron chi connectivity index (χ4n) is 3.49. The minimum absolute atomic E-state index is 0.0811. The normalized spacial score (nSPS) is 23.0. The van der Waals surface area contributed by atoms with Crippen molar-refractivity contribution < 1.29 is 23.1 Å². The highest BCUT2D eigenvalue weighted by Gasteiger charge is 2.47. The molecule has 142 valence electrons. The van der Waals surface area contributed by atoms with Crippen LogP contribution in [-0.4, -0.2) is 48.3 Å². The molecule has 0 bridgehead atoms.